The van der Waals surface area contributed by atoms with Crippen molar-refractivity contribution in [3.05, 3.63) is 0 Å². The smallest absolute Gasteiger partial charge is 0.326 e. The highest BCUT2D eigenvalue weighted by Crippen LogP contribution is 2.08. The minimum absolute atomic E-state index is 0.0173. The topological polar surface area (TPSA) is 151 Å². The monoisotopic (exact) mass is 372 g/mol. The number of aliphatic carboxylic acids is 1. The Morgan fingerprint density at radius 1 is 0.923 bits per heavy atom. The van der Waals surface area contributed by atoms with Crippen LogP contribution in [0.2, 0.25) is 0 Å². The molecule has 150 valence electrons. The molecule has 26 heavy (non-hydrogen) atoms. The van der Waals surface area contributed by atoms with Crippen molar-refractivity contribution in [1.29, 1.82) is 0 Å². The van der Waals surface area contributed by atoms with E-state index in [1.54, 1.807) is 6.92 Å². The molecule has 0 saturated heterocycles. The van der Waals surface area contributed by atoms with Gasteiger partial charge in [0.25, 0.3) is 0 Å². The third-order valence-electron chi connectivity index (χ3n) is 4.53. The van der Waals surface area contributed by atoms with E-state index >= 15 is 0 Å². The molecule has 9 heteroatoms. The van der Waals surface area contributed by atoms with Gasteiger partial charge in [-0.1, -0.05) is 40.5 Å². The van der Waals surface area contributed by atoms with Crippen LogP contribution in [-0.4, -0.2) is 53.5 Å². The molecule has 0 aliphatic carbocycles. The second-order valence-corrected chi connectivity index (χ2v) is 6.63. The fraction of sp³-hybridized carbons (Fsp3) is 0.765. The maximum Gasteiger partial charge on any atom is 0.326 e. The van der Waals surface area contributed by atoms with Gasteiger partial charge in [-0.3, -0.25) is 14.4 Å². The van der Waals surface area contributed by atoms with E-state index in [0.29, 0.717) is 6.42 Å². The molecule has 3 amide bonds. The van der Waals surface area contributed by atoms with Crippen molar-refractivity contribution in [3.63, 3.8) is 0 Å². The molecule has 0 radical (unpaired) electrons. The van der Waals surface area contributed by atoms with E-state index in [9.17, 15) is 24.3 Å². The van der Waals surface area contributed by atoms with Crippen LogP contribution in [0.1, 0.15) is 47.5 Å². The maximum absolute atomic E-state index is 12.1. The van der Waals surface area contributed by atoms with Gasteiger partial charge in [0.05, 0.1) is 12.6 Å². The number of hydrogen-bond acceptors (Lipinski definition) is 5. The highest BCUT2D eigenvalue weighted by atomic mass is 16.4. The molecule has 0 rings (SSSR count). The first-order valence-electron chi connectivity index (χ1n) is 8.90. The van der Waals surface area contributed by atoms with Gasteiger partial charge in [0.1, 0.15) is 12.1 Å². The highest BCUT2D eigenvalue weighted by molar-refractivity contribution is 5.92. The van der Waals surface area contributed by atoms with Gasteiger partial charge in [0.2, 0.25) is 17.7 Å². The first-order chi connectivity index (χ1) is 12.0. The van der Waals surface area contributed by atoms with Crippen molar-refractivity contribution in [1.82, 2.24) is 16.0 Å². The van der Waals surface area contributed by atoms with Crippen LogP contribution in [-0.2, 0) is 19.2 Å². The lowest BCUT2D eigenvalue weighted by molar-refractivity contribution is -0.143. The standard InChI is InChI=1S/C17H32N4O5/c1-6-9(3)13(18)16(24)19-8-12(22)20-11(5)15(23)21-14(17(25)26)10(4)7-2/h9-11,13-14H,6-8,18H2,1-5H3,(H,19,24)(H,20,22)(H,21,23)(H,25,26). The number of carboxylic acid groups (broad SMARTS) is 1. The van der Waals surface area contributed by atoms with Crippen LogP contribution in [0.5, 0.6) is 0 Å². The summed E-state index contributed by atoms with van der Waals surface area (Å²) in [5.41, 5.74) is 5.77. The Morgan fingerprint density at radius 3 is 1.92 bits per heavy atom. The Hall–Kier alpha value is -2.16. The molecule has 0 aliphatic rings. The maximum atomic E-state index is 12.1. The van der Waals surface area contributed by atoms with Gasteiger partial charge in [0.15, 0.2) is 0 Å². The number of nitrogens with one attached hydrogen (secondary N) is 3. The Morgan fingerprint density at radius 2 is 1.46 bits per heavy atom. The van der Waals surface area contributed by atoms with Gasteiger partial charge in [-0.2, -0.15) is 0 Å². The second-order valence-electron chi connectivity index (χ2n) is 6.63. The summed E-state index contributed by atoms with van der Waals surface area (Å²) >= 11 is 0. The summed E-state index contributed by atoms with van der Waals surface area (Å²) in [5, 5.41) is 16.5. The summed E-state index contributed by atoms with van der Waals surface area (Å²) in [6, 6.07) is -2.67. The molecule has 0 fully saturated rings. The van der Waals surface area contributed by atoms with E-state index < -0.39 is 41.8 Å². The molecule has 0 aromatic rings. The predicted molar refractivity (Wildman–Crippen MR) is 97.1 cm³/mol. The fourth-order valence-corrected chi connectivity index (χ4v) is 2.12. The number of carboxylic acids is 1. The Labute approximate surface area is 154 Å². The summed E-state index contributed by atoms with van der Waals surface area (Å²) in [4.78, 5) is 47.0. The summed E-state index contributed by atoms with van der Waals surface area (Å²) in [6.07, 6.45) is 1.32. The Bertz CT molecular complexity index is 511. The molecule has 0 saturated carbocycles. The number of rotatable bonds is 11. The molecular weight excluding hydrogens is 340 g/mol. The number of nitrogens with two attached hydrogens (primary N) is 1. The van der Waals surface area contributed by atoms with Crippen LogP contribution < -0.4 is 21.7 Å². The van der Waals surface area contributed by atoms with E-state index in [1.165, 1.54) is 6.92 Å². The minimum atomic E-state index is -1.13. The summed E-state index contributed by atoms with van der Waals surface area (Å²) in [7, 11) is 0. The van der Waals surface area contributed by atoms with Crippen molar-refractivity contribution in [2.45, 2.75) is 65.6 Å². The summed E-state index contributed by atoms with van der Waals surface area (Å²) < 4.78 is 0. The van der Waals surface area contributed by atoms with E-state index in [0.717, 1.165) is 6.42 Å². The Balaban J connectivity index is 4.50. The van der Waals surface area contributed by atoms with Gasteiger partial charge >= 0.3 is 5.97 Å². The second kappa shape index (κ2) is 11.5. The van der Waals surface area contributed by atoms with E-state index in [2.05, 4.69) is 16.0 Å². The number of carbonyl (C=O) groups is 4. The minimum Gasteiger partial charge on any atom is -0.480 e. The van der Waals surface area contributed by atoms with E-state index in [-0.39, 0.29) is 18.4 Å². The molecule has 5 atom stereocenters. The van der Waals surface area contributed by atoms with Crippen LogP contribution >= 0.6 is 0 Å². The lowest BCUT2D eigenvalue weighted by Gasteiger charge is -2.23. The molecule has 0 aromatic heterocycles. The van der Waals surface area contributed by atoms with Crippen molar-refractivity contribution in [3.8, 4) is 0 Å². The van der Waals surface area contributed by atoms with E-state index in [1.807, 2.05) is 20.8 Å². The van der Waals surface area contributed by atoms with Crippen molar-refractivity contribution < 1.29 is 24.3 Å². The molecule has 0 aliphatic heterocycles. The third-order valence-corrected chi connectivity index (χ3v) is 4.53. The molecule has 0 aromatic carbocycles. The summed E-state index contributed by atoms with van der Waals surface area (Å²) in [5.74, 6) is -3.00. The molecular formula is C17H32N4O5. The zero-order valence-corrected chi connectivity index (χ0v) is 16.2. The Kier molecular flexibility index (Phi) is 10.5. The molecule has 0 heterocycles. The van der Waals surface area contributed by atoms with Gasteiger partial charge < -0.3 is 26.8 Å². The lowest BCUT2D eigenvalue weighted by atomic mass is 9.99. The molecule has 5 unspecified atom stereocenters. The highest BCUT2D eigenvalue weighted by Gasteiger charge is 2.28. The van der Waals surface area contributed by atoms with Crippen LogP contribution in [0, 0.1) is 11.8 Å². The third kappa shape index (κ3) is 7.81. The van der Waals surface area contributed by atoms with Crippen molar-refractivity contribution in [2.75, 3.05) is 6.54 Å². The van der Waals surface area contributed by atoms with E-state index in [4.69, 9.17) is 5.73 Å². The van der Waals surface area contributed by atoms with Crippen molar-refractivity contribution in [2.24, 2.45) is 17.6 Å². The van der Waals surface area contributed by atoms with Gasteiger partial charge in [0, 0.05) is 0 Å². The quantitative estimate of drug-likeness (QED) is 0.333. The van der Waals surface area contributed by atoms with Crippen LogP contribution in [0.3, 0.4) is 0 Å². The molecule has 6 N–H and O–H groups in total. The van der Waals surface area contributed by atoms with Gasteiger partial charge in [-0.25, -0.2) is 4.79 Å². The fourth-order valence-electron chi connectivity index (χ4n) is 2.12. The largest absolute Gasteiger partial charge is 0.480 e. The first kappa shape index (κ1) is 23.8. The molecule has 0 spiro atoms. The zero-order chi connectivity index (χ0) is 20.4. The zero-order valence-electron chi connectivity index (χ0n) is 16.2. The van der Waals surface area contributed by atoms with Gasteiger partial charge in [-0.05, 0) is 18.8 Å². The average Bonchev–Trinajstić information content (AvgIpc) is 2.61. The first-order valence-corrected chi connectivity index (χ1v) is 8.90. The van der Waals surface area contributed by atoms with Crippen molar-refractivity contribution >= 4 is 23.7 Å². The molecule has 9 nitrogen and oxygen atoms in total. The average molecular weight is 372 g/mol. The predicted octanol–water partition coefficient (Wildman–Crippen LogP) is -0.404. The summed E-state index contributed by atoms with van der Waals surface area (Å²) in [6.45, 7) is 8.43. The van der Waals surface area contributed by atoms with Gasteiger partial charge in [-0.15, -0.1) is 0 Å². The van der Waals surface area contributed by atoms with Crippen LogP contribution in [0.4, 0.5) is 0 Å². The SMILES string of the molecule is CCC(C)C(N)C(=O)NCC(=O)NC(C)C(=O)NC(C(=O)O)C(C)CC. The number of carbonyl (C=O) groups excluding carboxylic acids is 3. The van der Waals surface area contributed by atoms with Crippen LogP contribution in [0.25, 0.3) is 0 Å². The normalized spacial score (nSPS) is 16.5. The lowest BCUT2D eigenvalue weighted by Crippen LogP contribution is -2.54. The molecule has 0 bridgehead atoms. The number of hydrogen-bond donors (Lipinski definition) is 5. The van der Waals surface area contributed by atoms with Crippen LogP contribution in [0.15, 0.2) is 0 Å². The number of amides is 3.